The van der Waals surface area contributed by atoms with Crippen molar-refractivity contribution in [3.8, 4) is 0 Å². The number of nitrogens with two attached hydrogens (primary N) is 2. The summed E-state index contributed by atoms with van der Waals surface area (Å²) in [6, 6.07) is -2.06. The fraction of sp³-hybridized carbons (Fsp3) is 0.143. The maximum absolute atomic E-state index is 11.4. The Bertz CT molecular complexity index is 388. The number of hydrogen-bond acceptors (Lipinski definition) is 4. The van der Waals surface area contributed by atoms with E-state index in [4.69, 9.17) is 11.5 Å². The Hall–Kier alpha value is -2.58. The Morgan fingerprint density at radius 1 is 1.00 bits per heavy atom. The van der Waals surface area contributed by atoms with Crippen molar-refractivity contribution in [3.05, 3.63) is 11.4 Å². The van der Waals surface area contributed by atoms with Crippen LogP contribution in [0.2, 0.25) is 0 Å². The standard InChI is InChI=1S/C7H9N5O4/c1-12-4(13)2(10-6(8)15)3(5(12)14)11-7(9)16/h1H3,(H3,8,10,15)(H3,9,11,16). The molecule has 0 atom stereocenters. The molecule has 0 spiro atoms. The van der Waals surface area contributed by atoms with Crippen molar-refractivity contribution in [2.24, 2.45) is 11.5 Å². The highest BCUT2D eigenvalue weighted by atomic mass is 16.2. The summed E-state index contributed by atoms with van der Waals surface area (Å²) in [5, 5.41) is 3.89. The second kappa shape index (κ2) is 3.88. The third kappa shape index (κ3) is 1.92. The number of hydrogen-bond donors (Lipinski definition) is 4. The van der Waals surface area contributed by atoms with Crippen molar-refractivity contribution >= 4 is 23.9 Å². The number of carbonyl (C=O) groups excluding carboxylic acids is 4. The van der Waals surface area contributed by atoms with Gasteiger partial charge in [0.05, 0.1) is 0 Å². The number of urea groups is 2. The highest BCUT2D eigenvalue weighted by Gasteiger charge is 2.37. The van der Waals surface area contributed by atoms with Crippen LogP contribution in [0.25, 0.3) is 0 Å². The highest BCUT2D eigenvalue weighted by molar-refractivity contribution is 6.20. The Kier molecular flexibility index (Phi) is 2.79. The normalized spacial score (nSPS) is 15.4. The van der Waals surface area contributed by atoms with Crippen molar-refractivity contribution in [1.29, 1.82) is 0 Å². The maximum atomic E-state index is 11.4. The van der Waals surface area contributed by atoms with Crippen molar-refractivity contribution in [2.75, 3.05) is 7.05 Å². The summed E-state index contributed by atoms with van der Waals surface area (Å²) in [6.07, 6.45) is 0. The third-order valence-electron chi connectivity index (χ3n) is 1.78. The molecule has 0 aromatic rings. The lowest BCUT2D eigenvalue weighted by atomic mass is 10.3. The first-order chi connectivity index (χ1) is 7.34. The number of nitrogens with one attached hydrogen (secondary N) is 2. The van der Waals surface area contributed by atoms with Gasteiger partial charge in [-0.15, -0.1) is 0 Å². The van der Waals surface area contributed by atoms with Crippen molar-refractivity contribution < 1.29 is 19.2 Å². The van der Waals surface area contributed by atoms with E-state index in [1.807, 2.05) is 10.6 Å². The number of nitrogens with zero attached hydrogens (tertiary/aromatic N) is 1. The first-order valence-corrected chi connectivity index (χ1v) is 4.04. The molecular weight excluding hydrogens is 218 g/mol. The number of rotatable bonds is 2. The zero-order chi connectivity index (χ0) is 12.5. The first-order valence-electron chi connectivity index (χ1n) is 4.04. The van der Waals surface area contributed by atoms with Crippen LogP contribution in [0.15, 0.2) is 11.4 Å². The number of primary amides is 2. The zero-order valence-corrected chi connectivity index (χ0v) is 8.23. The number of likely N-dealkylation sites (N-methyl/N-ethyl adjacent to an activating group) is 1. The minimum atomic E-state index is -1.03. The molecule has 1 aliphatic rings. The summed E-state index contributed by atoms with van der Waals surface area (Å²) >= 11 is 0. The van der Waals surface area contributed by atoms with Crippen LogP contribution in [-0.4, -0.2) is 35.8 Å². The van der Waals surface area contributed by atoms with Crippen molar-refractivity contribution in [3.63, 3.8) is 0 Å². The lowest BCUT2D eigenvalue weighted by Gasteiger charge is -2.05. The van der Waals surface area contributed by atoms with Crippen LogP contribution in [0.5, 0.6) is 0 Å². The molecule has 0 aromatic carbocycles. The summed E-state index contributed by atoms with van der Waals surface area (Å²) in [4.78, 5) is 44.8. The summed E-state index contributed by atoms with van der Waals surface area (Å²) in [7, 11) is 1.18. The lowest BCUT2D eigenvalue weighted by molar-refractivity contribution is -0.136. The first kappa shape index (κ1) is 11.5. The summed E-state index contributed by atoms with van der Waals surface area (Å²) < 4.78 is 0. The summed E-state index contributed by atoms with van der Waals surface area (Å²) in [5.74, 6) is -1.57. The molecule has 0 unspecified atom stereocenters. The smallest absolute Gasteiger partial charge is 0.316 e. The maximum Gasteiger partial charge on any atom is 0.316 e. The topological polar surface area (TPSA) is 148 Å². The van der Waals surface area contributed by atoms with Gasteiger partial charge >= 0.3 is 12.1 Å². The minimum absolute atomic E-state index is 0.404. The van der Waals surface area contributed by atoms with Gasteiger partial charge in [-0.25, -0.2) is 9.59 Å². The minimum Gasteiger partial charge on any atom is -0.351 e. The van der Waals surface area contributed by atoms with E-state index in [1.54, 1.807) is 0 Å². The van der Waals surface area contributed by atoms with E-state index < -0.39 is 35.3 Å². The fourth-order valence-corrected chi connectivity index (χ4v) is 1.12. The zero-order valence-electron chi connectivity index (χ0n) is 8.23. The van der Waals surface area contributed by atoms with Gasteiger partial charge in [0.2, 0.25) is 0 Å². The van der Waals surface area contributed by atoms with Crippen molar-refractivity contribution in [1.82, 2.24) is 15.5 Å². The molecule has 1 aliphatic heterocycles. The predicted octanol–water partition coefficient (Wildman–Crippen LogP) is -2.47. The molecule has 1 rings (SSSR count). The van der Waals surface area contributed by atoms with E-state index in [0.717, 1.165) is 0 Å². The van der Waals surface area contributed by atoms with Gasteiger partial charge in [-0.1, -0.05) is 0 Å². The van der Waals surface area contributed by atoms with Gasteiger partial charge in [0.25, 0.3) is 11.8 Å². The Balaban J connectivity index is 3.12. The van der Waals surface area contributed by atoms with Gasteiger partial charge in [0, 0.05) is 7.05 Å². The Morgan fingerprint density at radius 3 is 1.56 bits per heavy atom. The molecule has 1 heterocycles. The molecule has 0 saturated heterocycles. The molecule has 0 radical (unpaired) electrons. The molecule has 0 fully saturated rings. The SMILES string of the molecule is CN1C(=O)C(NC(N)=O)=C(NC(N)=O)C1=O. The van der Waals surface area contributed by atoms with Crippen LogP contribution in [0.1, 0.15) is 0 Å². The lowest BCUT2D eigenvalue weighted by Crippen LogP contribution is -2.36. The van der Waals surface area contributed by atoms with E-state index in [9.17, 15) is 19.2 Å². The molecule has 9 nitrogen and oxygen atoms in total. The molecule has 6 N–H and O–H groups in total. The van der Waals surface area contributed by atoms with Crippen LogP contribution in [0, 0.1) is 0 Å². The largest absolute Gasteiger partial charge is 0.351 e. The fourth-order valence-electron chi connectivity index (χ4n) is 1.12. The van der Waals surface area contributed by atoms with E-state index in [1.165, 1.54) is 7.05 Å². The quantitative estimate of drug-likeness (QED) is 0.387. The molecule has 0 saturated carbocycles. The van der Waals surface area contributed by atoms with Gasteiger partial charge < -0.3 is 22.1 Å². The van der Waals surface area contributed by atoms with Gasteiger partial charge in [-0.2, -0.15) is 0 Å². The van der Waals surface area contributed by atoms with E-state index in [2.05, 4.69) is 0 Å². The third-order valence-corrected chi connectivity index (χ3v) is 1.78. The predicted molar refractivity (Wildman–Crippen MR) is 50.2 cm³/mol. The summed E-state index contributed by atoms with van der Waals surface area (Å²) in [5.41, 5.74) is 8.81. The highest BCUT2D eigenvalue weighted by Crippen LogP contribution is 2.14. The summed E-state index contributed by atoms with van der Waals surface area (Å²) in [6.45, 7) is 0. The van der Waals surface area contributed by atoms with Crippen molar-refractivity contribution in [2.45, 2.75) is 0 Å². The van der Waals surface area contributed by atoms with Crippen LogP contribution in [0.4, 0.5) is 9.59 Å². The Labute approximate surface area is 89.4 Å². The van der Waals surface area contributed by atoms with Gasteiger partial charge in [-0.3, -0.25) is 14.5 Å². The molecule has 86 valence electrons. The number of carbonyl (C=O) groups is 4. The van der Waals surface area contributed by atoms with Crippen LogP contribution >= 0.6 is 0 Å². The Morgan fingerprint density at radius 2 is 1.31 bits per heavy atom. The molecule has 16 heavy (non-hydrogen) atoms. The molecule has 9 heteroatoms. The average Bonchev–Trinajstić information content (AvgIpc) is 2.34. The van der Waals surface area contributed by atoms with Crippen LogP contribution in [-0.2, 0) is 9.59 Å². The van der Waals surface area contributed by atoms with Gasteiger partial charge in [0.15, 0.2) is 0 Å². The second-order valence-corrected chi connectivity index (χ2v) is 2.90. The van der Waals surface area contributed by atoms with E-state index in [-0.39, 0.29) is 0 Å². The van der Waals surface area contributed by atoms with Gasteiger partial charge in [-0.05, 0) is 0 Å². The number of amides is 6. The van der Waals surface area contributed by atoms with Crippen LogP contribution in [0.3, 0.4) is 0 Å². The molecule has 6 amide bonds. The van der Waals surface area contributed by atoms with E-state index >= 15 is 0 Å². The van der Waals surface area contributed by atoms with E-state index in [0.29, 0.717) is 4.90 Å². The second-order valence-electron chi connectivity index (χ2n) is 2.90. The number of imide groups is 1. The monoisotopic (exact) mass is 227 g/mol. The molecule has 0 aromatic heterocycles. The van der Waals surface area contributed by atoms with Crippen LogP contribution < -0.4 is 22.1 Å². The molecule has 0 aliphatic carbocycles. The average molecular weight is 227 g/mol. The molecule has 0 bridgehead atoms. The van der Waals surface area contributed by atoms with Gasteiger partial charge in [0.1, 0.15) is 11.4 Å². The molecular formula is C7H9N5O4.